The van der Waals surface area contributed by atoms with Gasteiger partial charge in [-0.25, -0.2) is 0 Å². The molecule has 0 aliphatic rings. The molecule has 0 bridgehead atoms. The van der Waals surface area contributed by atoms with Gasteiger partial charge in [0, 0.05) is 19.0 Å². The van der Waals surface area contributed by atoms with Gasteiger partial charge in [0.2, 0.25) is 5.91 Å². The Hall–Kier alpha value is -0.730. The molecule has 4 heteroatoms. The third-order valence-corrected chi connectivity index (χ3v) is 4.46. The van der Waals surface area contributed by atoms with Crippen molar-refractivity contribution in [2.75, 3.05) is 0 Å². The summed E-state index contributed by atoms with van der Waals surface area (Å²) in [5, 5.41) is 1.08. The predicted octanol–water partition coefficient (Wildman–Crippen LogP) is 5.95. The third-order valence-electron chi connectivity index (χ3n) is 3.72. The number of hydrogen-bond acceptors (Lipinski definition) is 1. The number of carbonyl (C=O) groups excluding carboxylic acids is 1. The Bertz CT molecular complexity index is 504. The molecule has 0 saturated heterocycles. The molecule has 0 N–H and O–H groups in total. The van der Waals surface area contributed by atoms with Gasteiger partial charge < -0.3 is 4.90 Å². The zero-order valence-corrected chi connectivity index (χ0v) is 15.8. The summed E-state index contributed by atoms with van der Waals surface area (Å²) >= 11 is 12.1. The van der Waals surface area contributed by atoms with Crippen molar-refractivity contribution in [3.63, 3.8) is 0 Å². The summed E-state index contributed by atoms with van der Waals surface area (Å²) in [6.45, 7) is 11.1. The van der Waals surface area contributed by atoms with Gasteiger partial charge in [0.1, 0.15) is 0 Å². The molecule has 0 radical (unpaired) electrons. The number of amides is 1. The SMILES string of the molecule is CCC(CC)N(Cc1ccc(Cl)c(Cl)c1)C(=O)CC(C)(C)C. The summed E-state index contributed by atoms with van der Waals surface area (Å²) < 4.78 is 0. The van der Waals surface area contributed by atoms with Crippen LogP contribution in [0.1, 0.15) is 59.4 Å². The highest BCUT2D eigenvalue weighted by molar-refractivity contribution is 6.42. The molecule has 1 aromatic carbocycles. The lowest BCUT2D eigenvalue weighted by Crippen LogP contribution is -2.40. The van der Waals surface area contributed by atoms with Crippen LogP contribution in [0.2, 0.25) is 10.0 Å². The van der Waals surface area contributed by atoms with Gasteiger partial charge >= 0.3 is 0 Å². The topological polar surface area (TPSA) is 20.3 Å². The molecular weight excluding hydrogens is 317 g/mol. The summed E-state index contributed by atoms with van der Waals surface area (Å²) in [6.07, 6.45) is 2.45. The standard InChI is InChI=1S/C18H27Cl2NO/c1-6-14(7-2)21(17(22)11-18(3,4)5)12-13-8-9-15(19)16(20)10-13/h8-10,14H,6-7,11-12H2,1-5H3. The Morgan fingerprint density at radius 3 is 2.18 bits per heavy atom. The molecular formula is C18H27Cl2NO. The van der Waals surface area contributed by atoms with E-state index in [1.54, 1.807) is 6.07 Å². The van der Waals surface area contributed by atoms with Gasteiger partial charge in [0.05, 0.1) is 10.0 Å². The highest BCUT2D eigenvalue weighted by Crippen LogP contribution is 2.26. The quantitative estimate of drug-likeness (QED) is 0.625. The number of carbonyl (C=O) groups is 1. The summed E-state index contributed by atoms with van der Waals surface area (Å²) in [6, 6.07) is 5.83. The Labute approximate surface area is 144 Å². The molecule has 0 fully saturated rings. The van der Waals surface area contributed by atoms with Gasteiger partial charge in [-0.2, -0.15) is 0 Å². The second kappa shape index (κ2) is 8.21. The van der Waals surface area contributed by atoms with Crippen molar-refractivity contribution >= 4 is 29.1 Å². The molecule has 0 unspecified atom stereocenters. The van der Waals surface area contributed by atoms with E-state index >= 15 is 0 Å². The van der Waals surface area contributed by atoms with Crippen LogP contribution in [0.5, 0.6) is 0 Å². The number of halogens is 2. The van der Waals surface area contributed by atoms with Crippen LogP contribution >= 0.6 is 23.2 Å². The molecule has 1 rings (SSSR count). The molecule has 0 aliphatic carbocycles. The van der Waals surface area contributed by atoms with E-state index in [1.807, 2.05) is 17.0 Å². The Kier molecular flexibility index (Phi) is 7.21. The van der Waals surface area contributed by atoms with Crippen molar-refractivity contribution in [3.05, 3.63) is 33.8 Å². The normalized spacial score (nSPS) is 11.8. The van der Waals surface area contributed by atoms with Crippen LogP contribution in [-0.4, -0.2) is 16.8 Å². The van der Waals surface area contributed by atoms with E-state index in [1.165, 1.54) is 0 Å². The van der Waals surface area contributed by atoms with E-state index in [0.29, 0.717) is 23.0 Å². The summed E-state index contributed by atoms with van der Waals surface area (Å²) in [5.74, 6) is 0.201. The fraction of sp³-hybridized carbons (Fsp3) is 0.611. The fourth-order valence-electron chi connectivity index (χ4n) is 2.54. The van der Waals surface area contributed by atoms with Crippen molar-refractivity contribution in [1.82, 2.24) is 4.90 Å². The molecule has 22 heavy (non-hydrogen) atoms. The number of hydrogen-bond donors (Lipinski definition) is 0. The second-order valence-corrected chi connectivity index (χ2v) is 7.79. The smallest absolute Gasteiger partial charge is 0.223 e. The minimum absolute atomic E-state index is 0.0149. The van der Waals surface area contributed by atoms with Crippen LogP contribution in [0.15, 0.2) is 18.2 Å². The lowest BCUT2D eigenvalue weighted by molar-refractivity contribution is -0.136. The van der Waals surface area contributed by atoms with Gasteiger partial charge in [0.15, 0.2) is 0 Å². The van der Waals surface area contributed by atoms with Crippen molar-refractivity contribution in [1.29, 1.82) is 0 Å². The van der Waals surface area contributed by atoms with Gasteiger partial charge in [0.25, 0.3) is 0 Å². The van der Waals surface area contributed by atoms with Crippen molar-refractivity contribution in [3.8, 4) is 0 Å². The van der Waals surface area contributed by atoms with E-state index in [2.05, 4.69) is 34.6 Å². The Morgan fingerprint density at radius 1 is 1.14 bits per heavy atom. The monoisotopic (exact) mass is 343 g/mol. The largest absolute Gasteiger partial charge is 0.335 e. The Morgan fingerprint density at radius 2 is 1.73 bits per heavy atom. The van der Waals surface area contributed by atoms with Gasteiger partial charge in [-0.3, -0.25) is 4.79 Å². The fourth-order valence-corrected chi connectivity index (χ4v) is 2.86. The van der Waals surface area contributed by atoms with Crippen LogP contribution in [0, 0.1) is 5.41 Å². The number of benzene rings is 1. The molecule has 0 aliphatic heterocycles. The average molecular weight is 344 g/mol. The first-order valence-corrected chi connectivity index (χ1v) is 8.67. The molecule has 2 nitrogen and oxygen atoms in total. The van der Waals surface area contributed by atoms with Gasteiger partial charge in [-0.05, 0) is 36.0 Å². The van der Waals surface area contributed by atoms with Crippen LogP contribution in [0.25, 0.3) is 0 Å². The maximum Gasteiger partial charge on any atom is 0.223 e. The van der Waals surface area contributed by atoms with E-state index < -0.39 is 0 Å². The van der Waals surface area contributed by atoms with Gasteiger partial charge in [-0.15, -0.1) is 0 Å². The molecule has 0 saturated carbocycles. The lowest BCUT2D eigenvalue weighted by atomic mass is 9.91. The zero-order chi connectivity index (χ0) is 16.9. The van der Waals surface area contributed by atoms with Crippen molar-refractivity contribution < 1.29 is 4.79 Å². The van der Waals surface area contributed by atoms with E-state index in [0.717, 1.165) is 18.4 Å². The van der Waals surface area contributed by atoms with Crippen LogP contribution < -0.4 is 0 Å². The van der Waals surface area contributed by atoms with Gasteiger partial charge in [-0.1, -0.05) is 63.9 Å². The summed E-state index contributed by atoms with van der Waals surface area (Å²) in [4.78, 5) is 14.7. The number of rotatable bonds is 6. The minimum Gasteiger partial charge on any atom is -0.335 e. The first-order chi connectivity index (χ1) is 10.2. The zero-order valence-electron chi connectivity index (χ0n) is 14.2. The highest BCUT2D eigenvalue weighted by Gasteiger charge is 2.25. The maximum atomic E-state index is 12.7. The van der Waals surface area contributed by atoms with Crippen LogP contribution in [0.4, 0.5) is 0 Å². The first-order valence-electron chi connectivity index (χ1n) is 7.91. The van der Waals surface area contributed by atoms with E-state index in [4.69, 9.17) is 23.2 Å². The molecule has 0 heterocycles. The minimum atomic E-state index is -0.0149. The maximum absolute atomic E-state index is 12.7. The molecule has 0 atom stereocenters. The van der Waals surface area contributed by atoms with Crippen molar-refractivity contribution in [2.45, 2.75) is 66.5 Å². The van der Waals surface area contributed by atoms with E-state index in [9.17, 15) is 4.79 Å². The summed E-state index contributed by atoms with van der Waals surface area (Å²) in [5.41, 5.74) is 1.00. The molecule has 0 aromatic heterocycles. The third kappa shape index (κ3) is 5.81. The molecule has 1 amide bonds. The Balaban J connectivity index is 2.99. The molecule has 0 spiro atoms. The summed E-state index contributed by atoms with van der Waals surface area (Å²) in [7, 11) is 0. The van der Waals surface area contributed by atoms with Crippen LogP contribution in [-0.2, 0) is 11.3 Å². The average Bonchev–Trinajstić information content (AvgIpc) is 2.41. The van der Waals surface area contributed by atoms with Crippen LogP contribution in [0.3, 0.4) is 0 Å². The molecule has 1 aromatic rings. The lowest BCUT2D eigenvalue weighted by Gasteiger charge is -2.33. The van der Waals surface area contributed by atoms with Crippen molar-refractivity contribution in [2.24, 2.45) is 5.41 Å². The number of nitrogens with zero attached hydrogens (tertiary/aromatic N) is 1. The highest BCUT2D eigenvalue weighted by atomic mass is 35.5. The second-order valence-electron chi connectivity index (χ2n) is 6.98. The predicted molar refractivity (Wildman–Crippen MR) is 95.5 cm³/mol. The first kappa shape index (κ1) is 19.3. The molecule has 124 valence electrons. The van der Waals surface area contributed by atoms with E-state index in [-0.39, 0.29) is 17.4 Å².